The van der Waals surface area contributed by atoms with Crippen molar-refractivity contribution in [1.29, 1.82) is 0 Å². The van der Waals surface area contributed by atoms with Crippen LogP contribution in [0, 0.1) is 5.82 Å². The lowest BCUT2D eigenvalue weighted by atomic mass is 9.97. The van der Waals surface area contributed by atoms with E-state index in [0.29, 0.717) is 5.56 Å². The normalized spacial score (nSPS) is 12.4. The molecule has 0 aromatic heterocycles. The third-order valence-corrected chi connectivity index (χ3v) is 3.10. The van der Waals surface area contributed by atoms with Crippen LogP contribution in [0.2, 0.25) is 0 Å². The summed E-state index contributed by atoms with van der Waals surface area (Å²) in [6.45, 7) is 2.05. The predicted octanol–water partition coefficient (Wildman–Crippen LogP) is 4.29. The monoisotopic (exact) mass is 243 g/mol. The van der Waals surface area contributed by atoms with Crippen LogP contribution < -0.4 is 5.73 Å². The van der Waals surface area contributed by atoms with E-state index >= 15 is 0 Å². The Labute approximate surface area is 107 Å². The van der Waals surface area contributed by atoms with Gasteiger partial charge in [0.05, 0.1) is 0 Å². The Morgan fingerprint density at radius 3 is 2.44 bits per heavy atom. The Balaban J connectivity index is 2.38. The van der Waals surface area contributed by atoms with Crippen LogP contribution in [-0.4, -0.2) is 0 Å². The summed E-state index contributed by atoms with van der Waals surface area (Å²) in [7, 11) is 0. The van der Waals surface area contributed by atoms with Crippen LogP contribution in [-0.2, 0) is 0 Å². The minimum atomic E-state index is -0.223. The van der Waals surface area contributed by atoms with E-state index in [0.717, 1.165) is 24.0 Å². The maximum absolute atomic E-state index is 13.8. The lowest BCUT2D eigenvalue weighted by Gasteiger charge is -2.13. The molecular weight excluding hydrogens is 225 g/mol. The van der Waals surface area contributed by atoms with Gasteiger partial charge in [-0.15, -0.1) is 0 Å². The molecule has 1 atom stereocenters. The quantitative estimate of drug-likeness (QED) is 0.851. The van der Waals surface area contributed by atoms with Crippen molar-refractivity contribution in [1.82, 2.24) is 0 Å². The summed E-state index contributed by atoms with van der Waals surface area (Å²) in [4.78, 5) is 0. The minimum Gasteiger partial charge on any atom is -0.324 e. The molecule has 0 saturated carbocycles. The standard InChI is InChI=1S/C16H18FN/c1-2-6-16(18)14-11-13(9-10-15(14)17)12-7-4-3-5-8-12/h3-5,7-11,16H,2,6,18H2,1H3. The fourth-order valence-electron chi connectivity index (χ4n) is 2.10. The molecule has 2 heteroatoms. The molecule has 1 unspecified atom stereocenters. The van der Waals surface area contributed by atoms with Crippen LogP contribution in [0.5, 0.6) is 0 Å². The Morgan fingerprint density at radius 2 is 1.78 bits per heavy atom. The van der Waals surface area contributed by atoms with Crippen LogP contribution in [0.4, 0.5) is 4.39 Å². The van der Waals surface area contributed by atoms with Gasteiger partial charge in [-0.2, -0.15) is 0 Å². The van der Waals surface area contributed by atoms with Gasteiger partial charge >= 0.3 is 0 Å². The van der Waals surface area contributed by atoms with Crippen LogP contribution in [0.25, 0.3) is 11.1 Å². The highest BCUT2D eigenvalue weighted by atomic mass is 19.1. The van der Waals surface area contributed by atoms with E-state index < -0.39 is 0 Å². The topological polar surface area (TPSA) is 26.0 Å². The molecule has 0 bridgehead atoms. The lowest BCUT2D eigenvalue weighted by Crippen LogP contribution is -2.11. The SMILES string of the molecule is CCCC(N)c1cc(-c2ccccc2)ccc1F. The van der Waals surface area contributed by atoms with Crippen molar-refractivity contribution in [3.05, 3.63) is 59.9 Å². The number of benzene rings is 2. The highest BCUT2D eigenvalue weighted by Crippen LogP contribution is 2.26. The summed E-state index contributed by atoms with van der Waals surface area (Å²) in [5.41, 5.74) is 8.72. The number of rotatable bonds is 4. The average Bonchev–Trinajstić information content (AvgIpc) is 2.40. The zero-order chi connectivity index (χ0) is 13.0. The van der Waals surface area contributed by atoms with Crippen LogP contribution in [0.1, 0.15) is 31.4 Å². The molecule has 94 valence electrons. The summed E-state index contributed by atoms with van der Waals surface area (Å²) < 4.78 is 13.8. The van der Waals surface area contributed by atoms with Crippen molar-refractivity contribution in [2.45, 2.75) is 25.8 Å². The maximum atomic E-state index is 13.8. The van der Waals surface area contributed by atoms with Gasteiger partial charge in [-0.25, -0.2) is 4.39 Å². The van der Waals surface area contributed by atoms with E-state index in [9.17, 15) is 4.39 Å². The summed E-state index contributed by atoms with van der Waals surface area (Å²) in [6.07, 6.45) is 1.76. The third-order valence-electron chi connectivity index (χ3n) is 3.10. The van der Waals surface area contributed by atoms with Gasteiger partial charge in [-0.1, -0.05) is 49.7 Å². The van der Waals surface area contributed by atoms with E-state index in [1.807, 2.05) is 36.4 Å². The Bertz CT molecular complexity index is 508. The first-order valence-corrected chi connectivity index (χ1v) is 6.33. The van der Waals surface area contributed by atoms with Gasteiger partial charge in [0.15, 0.2) is 0 Å². The van der Waals surface area contributed by atoms with E-state index in [2.05, 4.69) is 6.92 Å². The molecule has 0 aliphatic heterocycles. The molecule has 0 radical (unpaired) electrons. The molecule has 2 N–H and O–H groups in total. The van der Waals surface area contributed by atoms with Gasteiger partial charge in [0.2, 0.25) is 0 Å². The van der Waals surface area contributed by atoms with Crippen LogP contribution in [0.15, 0.2) is 48.5 Å². The van der Waals surface area contributed by atoms with Gasteiger partial charge in [0.25, 0.3) is 0 Å². The molecule has 0 aliphatic carbocycles. The molecule has 2 aromatic carbocycles. The molecule has 2 rings (SSSR count). The summed E-state index contributed by atoms with van der Waals surface area (Å²) in [5.74, 6) is -0.212. The smallest absolute Gasteiger partial charge is 0.128 e. The van der Waals surface area contributed by atoms with Crippen molar-refractivity contribution >= 4 is 0 Å². The summed E-state index contributed by atoms with van der Waals surface area (Å²) in [5, 5.41) is 0. The van der Waals surface area contributed by atoms with Crippen LogP contribution in [0.3, 0.4) is 0 Å². The van der Waals surface area contributed by atoms with E-state index in [4.69, 9.17) is 5.73 Å². The predicted molar refractivity (Wildman–Crippen MR) is 73.7 cm³/mol. The van der Waals surface area contributed by atoms with Gasteiger partial charge in [0.1, 0.15) is 5.82 Å². The molecular formula is C16H18FN. The Kier molecular flexibility index (Phi) is 4.11. The molecule has 0 spiro atoms. The molecule has 0 heterocycles. The van der Waals surface area contributed by atoms with Gasteiger partial charge in [0, 0.05) is 11.6 Å². The first-order valence-electron chi connectivity index (χ1n) is 6.33. The zero-order valence-electron chi connectivity index (χ0n) is 10.6. The van der Waals surface area contributed by atoms with Gasteiger partial charge < -0.3 is 5.73 Å². The Morgan fingerprint density at radius 1 is 1.06 bits per heavy atom. The summed E-state index contributed by atoms with van der Waals surface area (Å²) in [6, 6.07) is 14.9. The van der Waals surface area contributed by atoms with Crippen molar-refractivity contribution in [3.63, 3.8) is 0 Å². The van der Waals surface area contributed by atoms with Crippen molar-refractivity contribution in [2.24, 2.45) is 5.73 Å². The van der Waals surface area contributed by atoms with E-state index in [1.165, 1.54) is 6.07 Å². The van der Waals surface area contributed by atoms with Crippen molar-refractivity contribution in [2.75, 3.05) is 0 Å². The summed E-state index contributed by atoms with van der Waals surface area (Å²) >= 11 is 0. The molecule has 0 amide bonds. The fourth-order valence-corrected chi connectivity index (χ4v) is 2.10. The number of hydrogen-bond donors (Lipinski definition) is 1. The second-order valence-electron chi connectivity index (χ2n) is 4.50. The van der Waals surface area contributed by atoms with E-state index in [1.54, 1.807) is 6.07 Å². The van der Waals surface area contributed by atoms with Crippen molar-refractivity contribution < 1.29 is 4.39 Å². The highest BCUT2D eigenvalue weighted by Gasteiger charge is 2.11. The first kappa shape index (κ1) is 12.8. The second kappa shape index (κ2) is 5.78. The molecule has 2 aromatic rings. The maximum Gasteiger partial charge on any atom is 0.128 e. The zero-order valence-corrected chi connectivity index (χ0v) is 10.6. The molecule has 0 aliphatic rings. The van der Waals surface area contributed by atoms with Crippen LogP contribution >= 0.6 is 0 Å². The average molecular weight is 243 g/mol. The lowest BCUT2D eigenvalue weighted by molar-refractivity contribution is 0.560. The molecule has 0 saturated heterocycles. The molecule has 1 nitrogen and oxygen atoms in total. The molecule has 0 fully saturated rings. The number of halogens is 1. The largest absolute Gasteiger partial charge is 0.324 e. The molecule has 18 heavy (non-hydrogen) atoms. The van der Waals surface area contributed by atoms with Gasteiger partial charge in [-0.3, -0.25) is 0 Å². The number of nitrogens with two attached hydrogens (primary N) is 1. The fraction of sp³-hybridized carbons (Fsp3) is 0.250. The third kappa shape index (κ3) is 2.77. The minimum absolute atomic E-state index is 0.212. The number of hydrogen-bond acceptors (Lipinski definition) is 1. The van der Waals surface area contributed by atoms with E-state index in [-0.39, 0.29) is 11.9 Å². The first-order chi connectivity index (χ1) is 8.72. The van der Waals surface area contributed by atoms with Gasteiger partial charge in [-0.05, 0) is 29.7 Å². The highest BCUT2D eigenvalue weighted by molar-refractivity contribution is 5.64. The van der Waals surface area contributed by atoms with Crippen molar-refractivity contribution in [3.8, 4) is 11.1 Å². The Hall–Kier alpha value is -1.67. The second-order valence-corrected chi connectivity index (χ2v) is 4.50.